The number of hydrogen-bond acceptors (Lipinski definition) is 0. The van der Waals surface area contributed by atoms with Gasteiger partial charge in [0.25, 0.3) is 0 Å². The second kappa shape index (κ2) is 12.7. The summed E-state index contributed by atoms with van der Waals surface area (Å²) in [6.07, 6.45) is 17.8. The normalized spacial score (nSPS) is 18.7. The zero-order chi connectivity index (χ0) is 21.9. The molecule has 1 fully saturated rings. The summed E-state index contributed by atoms with van der Waals surface area (Å²) < 4.78 is 13.8. The number of unbranched alkanes of at least 4 members (excludes halogenated alkanes) is 1. The maximum atomic E-state index is 13.8. The molecule has 2 aromatic carbocycles. The summed E-state index contributed by atoms with van der Waals surface area (Å²) in [6, 6.07) is 13.0. The first-order chi connectivity index (χ1) is 15.1. The quantitative estimate of drug-likeness (QED) is 0.286. The van der Waals surface area contributed by atoms with Gasteiger partial charge in [0, 0.05) is 10.6 Å². The van der Waals surface area contributed by atoms with Crippen LogP contribution < -0.4 is 0 Å². The molecule has 164 valence electrons. The average molecular weight is 437 g/mol. The molecule has 0 heterocycles. The van der Waals surface area contributed by atoms with Crippen molar-refractivity contribution in [2.45, 2.75) is 71.1 Å². The van der Waals surface area contributed by atoms with E-state index in [4.69, 9.17) is 11.6 Å². The first-order valence-electron chi connectivity index (χ1n) is 11.8. The molecule has 2 heteroatoms. The Morgan fingerprint density at radius 1 is 0.903 bits per heavy atom. The van der Waals surface area contributed by atoms with Crippen LogP contribution in [0.3, 0.4) is 0 Å². The fraction of sp³-hybridized carbons (Fsp3) is 0.448. The minimum Gasteiger partial charge on any atom is -0.206 e. The summed E-state index contributed by atoms with van der Waals surface area (Å²) in [5, 5.41) is 0.389. The molecule has 0 unspecified atom stereocenters. The molecule has 0 aliphatic heterocycles. The molecule has 0 bridgehead atoms. The summed E-state index contributed by atoms with van der Waals surface area (Å²) in [6.45, 7) is 2.24. The Morgan fingerprint density at radius 2 is 1.58 bits per heavy atom. The van der Waals surface area contributed by atoms with Crippen LogP contribution in [0.25, 0.3) is 0 Å². The number of rotatable bonds is 8. The van der Waals surface area contributed by atoms with Crippen LogP contribution in [0.1, 0.15) is 81.4 Å². The minimum atomic E-state index is -0.376. The van der Waals surface area contributed by atoms with Crippen LogP contribution in [-0.2, 0) is 6.42 Å². The van der Waals surface area contributed by atoms with Crippen LogP contribution in [0.2, 0.25) is 5.02 Å². The van der Waals surface area contributed by atoms with Gasteiger partial charge in [-0.1, -0.05) is 86.8 Å². The lowest BCUT2D eigenvalue weighted by Crippen LogP contribution is -2.15. The Bertz CT molecular complexity index is 893. The van der Waals surface area contributed by atoms with Crippen molar-refractivity contribution in [1.29, 1.82) is 0 Å². The lowest BCUT2D eigenvalue weighted by Gasteiger charge is -2.28. The lowest BCUT2D eigenvalue weighted by atomic mass is 9.78. The Hall–Kier alpha value is -2.04. The highest BCUT2D eigenvalue weighted by Gasteiger charge is 2.20. The van der Waals surface area contributed by atoms with E-state index in [1.807, 2.05) is 12.1 Å². The van der Waals surface area contributed by atoms with Gasteiger partial charge in [-0.15, -0.1) is 0 Å². The van der Waals surface area contributed by atoms with Crippen molar-refractivity contribution in [2.24, 2.45) is 11.8 Å². The van der Waals surface area contributed by atoms with Gasteiger partial charge in [-0.25, -0.2) is 4.39 Å². The van der Waals surface area contributed by atoms with E-state index in [2.05, 4.69) is 43.0 Å². The van der Waals surface area contributed by atoms with Gasteiger partial charge in [-0.3, -0.25) is 0 Å². The molecule has 2 aromatic rings. The van der Waals surface area contributed by atoms with E-state index < -0.39 is 0 Å². The molecule has 0 nitrogen and oxygen atoms in total. The van der Waals surface area contributed by atoms with Crippen LogP contribution in [0.4, 0.5) is 4.39 Å². The Balaban J connectivity index is 1.40. The van der Waals surface area contributed by atoms with Crippen molar-refractivity contribution in [1.82, 2.24) is 0 Å². The molecule has 0 amide bonds. The van der Waals surface area contributed by atoms with E-state index in [1.165, 1.54) is 69.4 Å². The molecule has 1 saturated carbocycles. The zero-order valence-corrected chi connectivity index (χ0v) is 19.4. The van der Waals surface area contributed by atoms with E-state index in [9.17, 15) is 4.39 Å². The van der Waals surface area contributed by atoms with Gasteiger partial charge in [-0.05, 0) is 79.8 Å². The predicted octanol–water partition coefficient (Wildman–Crippen LogP) is 8.75. The molecule has 0 spiro atoms. The van der Waals surface area contributed by atoms with Gasteiger partial charge in [0.2, 0.25) is 0 Å². The van der Waals surface area contributed by atoms with Crippen molar-refractivity contribution in [2.75, 3.05) is 0 Å². The van der Waals surface area contributed by atoms with Gasteiger partial charge >= 0.3 is 0 Å². The van der Waals surface area contributed by atoms with Gasteiger partial charge in [0.15, 0.2) is 0 Å². The lowest BCUT2D eigenvalue weighted by molar-refractivity contribution is 0.254. The molecular weight excluding hydrogens is 403 g/mol. The molecule has 0 atom stereocenters. The number of aryl methyl sites for hydroxylation is 1. The Kier molecular flexibility index (Phi) is 9.70. The van der Waals surface area contributed by atoms with E-state index in [1.54, 1.807) is 12.1 Å². The maximum Gasteiger partial charge on any atom is 0.140 e. The van der Waals surface area contributed by atoms with Crippen LogP contribution in [0.5, 0.6) is 0 Å². The Labute approximate surface area is 192 Å². The standard InChI is InChI=1S/C29H34ClF/c1-2-3-4-5-6-7-23-8-10-24(11-9-23)12-13-25-14-16-26(17-15-25)18-19-27-20-21-28(30)22-29(27)31/h4-5,14-17,20-24H,2-3,6-13H2,1H3/b5-4+. The van der Waals surface area contributed by atoms with E-state index in [-0.39, 0.29) is 5.82 Å². The smallest absolute Gasteiger partial charge is 0.140 e. The van der Waals surface area contributed by atoms with Crippen LogP contribution in [0, 0.1) is 29.5 Å². The molecule has 0 radical (unpaired) electrons. The summed E-state index contributed by atoms with van der Waals surface area (Å²) in [5.41, 5.74) is 2.65. The number of hydrogen-bond donors (Lipinski definition) is 0. The van der Waals surface area contributed by atoms with Gasteiger partial charge < -0.3 is 0 Å². The fourth-order valence-electron chi connectivity index (χ4n) is 4.40. The van der Waals surface area contributed by atoms with Crippen molar-refractivity contribution < 1.29 is 4.39 Å². The largest absolute Gasteiger partial charge is 0.206 e. The molecule has 0 saturated heterocycles. The summed E-state index contributed by atoms with van der Waals surface area (Å²) in [7, 11) is 0. The van der Waals surface area contributed by atoms with Gasteiger partial charge in [0.05, 0.1) is 5.56 Å². The second-order valence-corrected chi connectivity index (χ2v) is 9.27. The molecule has 0 aromatic heterocycles. The molecule has 31 heavy (non-hydrogen) atoms. The molecule has 1 aliphatic rings. The maximum absolute atomic E-state index is 13.8. The monoisotopic (exact) mass is 436 g/mol. The molecule has 3 rings (SSSR count). The zero-order valence-electron chi connectivity index (χ0n) is 18.7. The van der Waals surface area contributed by atoms with Crippen molar-refractivity contribution >= 4 is 11.6 Å². The minimum absolute atomic E-state index is 0.376. The van der Waals surface area contributed by atoms with Crippen LogP contribution in [0.15, 0.2) is 54.6 Å². The summed E-state index contributed by atoms with van der Waals surface area (Å²) >= 11 is 5.79. The average Bonchev–Trinajstić information content (AvgIpc) is 2.78. The van der Waals surface area contributed by atoms with E-state index >= 15 is 0 Å². The highest BCUT2D eigenvalue weighted by atomic mass is 35.5. The number of halogens is 2. The van der Waals surface area contributed by atoms with Gasteiger partial charge in [0.1, 0.15) is 5.82 Å². The number of allylic oxidation sites excluding steroid dienone is 2. The topological polar surface area (TPSA) is 0 Å². The van der Waals surface area contributed by atoms with Gasteiger partial charge in [-0.2, -0.15) is 0 Å². The third-order valence-corrected chi connectivity index (χ3v) is 6.63. The highest BCUT2D eigenvalue weighted by molar-refractivity contribution is 6.30. The molecular formula is C29H34ClF. The fourth-order valence-corrected chi connectivity index (χ4v) is 4.56. The van der Waals surface area contributed by atoms with Crippen molar-refractivity contribution in [3.63, 3.8) is 0 Å². The van der Waals surface area contributed by atoms with Crippen LogP contribution in [-0.4, -0.2) is 0 Å². The first kappa shape index (κ1) is 23.6. The first-order valence-corrected chi connectivity index (χ1v) is 12.2. The molecule has 1 aliphatic carbocycles. The SMILES string of the molecule is CCC/C=C/CCC1CCC(CCc2ccc(C#Cc3ccc(Cl)cc3F)cc2)CC1. The van der Waals surface area contributed by atoms with Crippen LogP contribution >= 0.6 is 11.6 Å². The van der Waals surface area contributed by atoms with Crippen molar-refractivity contribution in [3.05, 3.63) is 82.1 Å². The third kappa shape index (κ3) is 8.19. The Morgan fingerprint density at radius 3 is 2.26 bits per heavy atom. The van der Waals surface area contributed by atoms with E-state index in [0.29, 0.717) is 10.6 Å². The summed E-state index contributed by atoms with van der Waals surface area (Å²) in [5.74, 6) is 7.38. The van der Waals surface area contributed by atoms with E-state index in [0.717, 1.165) is 23.8 Å². The predicted molar refractivity (Wildman–Crippen MR) is 131 cm³/mol. The second-order valence-electron chi connectivity index (χ2n) is 8.83. The molecule has 0 N–H and O–H groups in total. The summed E-state index contributed by atoms with van der Waals surface area (Å²) in [4.78, 5) is 0. The highest BCUT2D eigenvalue weighted by Crippen LogP contribution is 2.34. The van der Waals surface area contributed by atoms with Crippen molar-refractivity contribution in [3.8, 4) is 11.8 Å². The third-order valence-electron chi connectivity index (χ3n) is 6.40. The number of benzene rings is 2.